The van der Waals surface area contributed by atoms with Crippen LogP contribution in [0, 0.1) is 18.3 Å². The third kappa shape index (κ3) is 3.33. The number of rotatable bonds is 5. The minimum atomic E-state index is 0.0291. The second-order valence-corrected chi connectivity index (χ2v) is 4.17. The van der Waals surface area contributed by atoms with Crippen LogP contribution in [0.3, 0.4) is 0 Å². The Morgan fingerprint density at radius 1 is 1.37 bits per heavy atom. The minimum Gasteiger partial charge on any atom is -0.464 e. The lowest BCUT2D eigenvalue weighted by Crippen LogP contribution is -2.26. The van der Waals surface area contributed by atoms with Gasteiger partial charge in [0.15, 0.2) is 0 Å². The summed E-state index contributed by atoms with van der Waals surface area (Å²) in [5.41, 5.74) is 0.515. The highest BCUT2D eigenvalue weighted by molar-refractivity contribution is 5.42. The summed E-state index contributed by atoms with van der Waals surface area (Å²) < 4.78 is 5.52. The first-order chi connectivity index (χ1) is 9.22. The molecule has 0 radical (unpaired) electrons. The van der Waals surface area contributed by atoms with Crippen molar-refractivity contribution in [2.75, 3.05) is 18.1 Å². The van der Waals surface area contributed by atoms with E-state index in [0.717, 1.165) is 11.5 Å². The Labute approximate surface area is 111 Å². The first kappa shape index (κ1) is 13.1. The van der Waals surface area contributed by atoms with Gasteiger partial charge in [-0.15, -0.1) is 0 Å². The van der Waals surface area contributed by atoms with E-state index in [2.05, 4.69) is 4.98 Å². The molecule has 19 heavy (non-hydrogen) atoms. The summed E-state index contributed by atoms with van der Waals surface area (Å²) in [7, 11) is 0. The molecule has 0 aromatic carbocycles. The lowest BCUT2D eigenvalue weighted by Gasteiger charge is -2.21. The van der Waals surface area contributed by atoms with E-state index in [0.29, 0.717) is 24.5 Å². The summed E-state index contributed by atoms with van der Waals surface area (Å²) in [5.74, 6) is 2.38. The molecule has 2 aromatic rings. The van der Waals surface area contributed by atoms with Crippen molar-refractivity contribution < 1.29 is 9.52 Å². The van der Waals surface area contributed by atoms with Gasteiger partial charge in [-0.1, -0.05) is 0 Å². The molecule has 0 bridgehead atoms. The van der Waals surface area contributed by atoms with Crippen molar-refractivity contribution in [3.05, 3.63) is 47.5 Å². The number of furan rings is 1. The topological polar surface area (TPSA) is 73.3 Å². The number of aromatic nitrogens is 1. The van der Waals surface area contributed by atoms with Gasteiger partial charge in [0, 0.05) is 12.7 Å². The molecule has 2 rings (SSSR count). The van der Waals surface area contributed by atoms with Gasteiger partial charge in [0.2, 0.25) is 0 Å². The van der Waals surface area contributed by atoms with E-state index in [1.165, 1.54) is 6.20 Å². The molecule has 0 atom stereocenters. The van der Waals surface area contributed by atoms with Crippen molar-refractivity contribution in [1.82, 2.24) is 4.98 Å². The molecule has 0 aliphatic carbocycles. The van der Waals surface area contributed by atoms with E-state index in [1.54, 1.807) is 12.1 Å². The Morgan fingerprint density at radius 2 is 2.21 bits per heavy atom. The van der Waals surface area contributed by atoms with Crippen LogP contribution >= 0.6 is 0 Å². The molecule has 0 spiro atoms. The molecule has 0 aliphatic heterocycles. The van der Waals surface area contributed by atoms with Gasteiger partial charge >= 0.3 is 0 Å². The van der Waals surface area contributed by atoms with Crippen LogP contribution in [0.25, 0.3) is 0 Å². The van der Waals surface area contributed by atoms with Crippen LogP contribution in [0.5, 0.6) is 0 Å². The van der Waals surface area contributed by atoms with Crippen molar-refractivity contribution in [1.29, 1.82) is 5.26 Å². The number of nitrogens with zero attached hydrogens (tertiary/aromatic N) is 3. The molecule has 5 heteroatoms. The molecule has 2 aromatic heterocycles. The summed E-state index contributed by atoms with van der Waals surface area (Å²) >= 11 is 0. The van der Waals surface area contributed by atoms with E-state index in [9.17, 15) is 0 Å². The second kappa shape index (κ2) is 6.03. The summed E-state index contributed by atoms with van der Waals surface area (Å²) in [6, 6.07) is 9.31. The lowest BCUT2D eigenvalue weighted by atomic mass is 10.3. The average Bonchev–Trinajstić information content (AvgIpc) is 2.84. The molecule has 0 amide bonds. The van der Waals surface area contributed by atoms with Crippen molar-refractivity contribution in [2.24, 2.45) is 0 Å². The van der Waals surface area contributed by atoms with Crippen LogP contribution in [0.15, 0.2) is 34.9 Å². The first-order valence-corrected chi connectivity index (χ1v) is 6.00. The predicted octanol–water partition coefficient (Wildman–Crippen LogP) is 1.85. The zero-order valence-electron chi connectivity index (χ0n) is 10.7. The van der Waals surface area contributed by atoms with Crippen LogP contribution in [-0.4, -0.2) is 23.2 Å². The van der Waals surface area contributed by atoms with Crippen molar-refractivity contribution in [3.63, 3.8) is 0 Å². The molecule has 2 heterocycles. The van der Waals surface area contributed by atoms with Gasteiger partial charge in [0.1, 0.15) is 23.4 Å². The van der Waals surface area contributed by atoms with E-state index in [-0.39, 0.29) is 6.61 Å². The van der Waals surface area contributed by atoms with E-state index < -0.39 is 0 Å². The molecule has 0 saturated carbocycles. The molecule has 5 nitrogen and oxygen atoms in total. The maximum absolute atomic E-state index is 9.13. The molecule has 0 unspecified atom stereocenters. The maximum Gasteiger partial charge on any atom is 0.129 e. The fourth-order valence-electron chi connectivity index (χ4n) is 1.79. The number of anilines is 1. The SMILES string of the molecule is Cc1ccc(CN(CCO)c2ccc(C#N)cn2)o1. The number of aliphatic hydroxyl groups excluding tert-OH is 1. The largest absolute Gasteiger partial charge is 0.464 e. The molecule has 0 saturated heterocycles. The minimum absolute atomic E-state index is 0.0291. The summed E-state index contributed by atoms with van der Waals surface area (Å²) in [4.78, 5) is 6.12. The average molecular weight is 257 g/mol. The van der Waals surface area contributed by atoms with Crippen LogP contribution in [0.1, 0.15) is 17.1 Å². The van der Waals surface area contributed by atoms with E-state index in [1.807, 2.05) is 30.0 Å². The number of hydrogen-bond acceptors (Lipinski definition) is 5. The van der Waals surface area contributed by atoms with E-state index in [4.69, 9.17) is 14.8 Å². The van der Waals surface area contributed by atoms with Crippen LogP contribution in [0.2, 0.25) is 0 Å². The monoisotopic (exact) mass is 257 g/mol. The maximum atomic E-state index is 9.13. The Kier molecular flexibility index (Phi) is 4.16. The Balaban J connectivity index is 2.16. The summed E-state index contributed by atoms with van der Waals surface area (Å²) in [5, 5.41) is 17.9. The van der Waals surface area contributed by atoms with Gasteiger partial charge in [-0.3, -0.25) is 0 Å². The second-order valence-electron chi connectivity index (χ2n) is 4.17. The van der Waals surface area contributed by atoms with Gasteiger partial charge in [0.25, 0.3) is 0 Å². The quantitative estimate of drug-likeness (QED) is 0.885. The molecule has 0 aliphatic rings. The van der Waals surface area contributed by atoms with Crippen molar-refractivity contribution in [2.45, 2.75) is 13.5 Å². The van der Waals surface area contributed by atoms with Crippen LogP contribution in [-0.2, 0) is 6.54 Å². The lowest BCUT2D eigenvalue weighted by molar-refractivity contribution is 0.299. The fraction of sp³-hybridized carbons (Fsp3) is 0.286. The first-order valence-electron chi connectivity index (χ1n) is 6.00. The van der Waals surface area contributed by atoms with Gasteiger partial charge in [0.05, 0.1) is 18.7 Å². The standard InChI is InChI=1S/C14H15N3O2/c1-11-2-4-13(19-11)10-17(6-7-18)14-5-3-12(8-15)9-16-14/h2-5,9,18H,6-7,10H2,1H3. The number of aliphatic hydroxyl groups is 1. The normalized spacial score (nSPS) is 10.2. The van der Waals surface area contributed by atoms with Crippen LogP contribution < -0.4 is 4.90 Å². The number of pyridine rings is 1. The van der Waals surface area contributed by atoms with Gasteiger partial charge in [-0.25, -0.2) is 4.98 Å². The van der Waals surface area contributed by atoms with Gasteiger partial charge in [-0.2, -0.15) is 5.26 Å². The molecular formula is C14H15N3O2. The molecule has 0 fully saturated rings. The fourth-order valence-corrected chi connectivity index (χ4v) is 1.79. The highest BCUT2D eigenvalue weighted by atomic mass is 16.3. The zero-order chi connectivity index (χ0) is 13.7. The summed E-state index contributed by atoms with van der Waals surface area (Å²) in [6.45, 7) is 2.91. The highest BCUT2D eigenvalue weighted by Crippen LogP contribution is 2.16. The van der Waals surface area contributed by atoms with Gasteiger partial charge in [-0.05, 0) is 31.2 Å². The molecular weight excluding hydrogens is 242 g/mol. The Hall–Kier alpha value is -2.32. The molecule has 98 valence electrons. The zero-order valence-corrected chi connectivity index (χ0v) is 10.7. The summed E-state index contributed by atoms with van der Waals surface area (Å²) in [6.07, 6.45) is 1.52. The Morgan fingerprint density at radius 3 is 2.74 bits per heavy atom. The van der Waals surface area contributed by atoms with Crippen molar-refractivity contribution >= 4 is 5.82 Å². The highest BCUT2D eigenvalue weighted by Gasteiger charge is 2.10. The Bertz CT molecular complexity index is 569. The predicted molar refractivity (Wildman–Crippen MR) is 70.5 cm³/mol. The van der Waals surface area contributed by atoms with E-state index >= 15 is 0 Å². The van der Waals surface area contributed by atoms with Gasteiger partial charge < -0.3 is 14.4 Å². The third-order valence-electron chi connectivity index (χ3n) is 2.71. The third-order valence-corrected chi connectivity index (χ3v) is 2.71. The number of nitriles is 1. The smallest absolute Gasteiger partial charge is 0.129 e. The van der Waals surface area contributed by atoms with Crippen LogP contribution in [0.4, 0.5) is 5.82 Å². The molecule has 1 N–H and O–H groups in total. The van der Waals surface area contributed by atoms with Crippen molar-refractivity contribution in [3.8, 4) is 6.07 Å². The number of hydrogen-bond donors (Lipinski definition) is 1. The number of aryl methyl sites for hydroxylation is 1.